The number of hydrogen-bond donors (Lipinski definition) is 3. The highest BCUT2D eigenvalue weighted by molar-refractivity contribution is 7.17. The van der Waals surface area contributed by atoms with Crippen LogP contribution < -0.4 is 10.8 Å². The Labute approximate surface area is 142 Å². The average molecular weight is 347 g/mol. The Hall–Kier alpha value is -2.71. The Balaban J connectivity index is 2.25. The van der Waals surface area contributed by atoms with Gasteiger partial charge in [0.1, 0.15) is 0 Å². The van der Waals surface area contributed by atoms with E-state index in [1.807, 2.05) is 36.4 Å². The lowest BCUT2D eigenvalue weighted by Gasteiger charge is -2.24. The Kier molecular flexibility index (Phi) is 5.67. The molecule has 0 saturated heterocycles. The number of rotatable bonds is 5. The second kappa shape index (κ2) is 7.71. The normalized spacial score (nSPS) is 11.5. The van der Waals surface area contributed by atoms with Crippen LogP contribution in [0.1, 0.15) is 9.67 Å². The van der Waals surface area contributed by atoms with Gasteiger partial charge in [0, 0.05) is 19.0 Å². The SMILES string of the molecule is CNC(=O)C(C(=O)NO)N(C)C(=O)c1ccc(-c2ccccc2)s1. The molecule has 2 aromatic rings. The first-order valence-electron chi connectivity index (χ1n) is 7.07. The third kappa shape index (κ3) is 3.61. The Bertz CT molecular complexity index is 729. The van der Waals surface area contributed by atoms with Crippen LogP contribution in [0, 0.1) is 0 Å². The number of nitrogens with zero attached hydrogens (tertiary/aromatic N) is 1. The molecule has 0 fully saturated rings. The molecule has 0 radical (unpaired) electrons. The highest BCUT2D eigenvalue weighted by atomic mass is 32.1. The van der Waals surface area contributed by atoms with Gasteiger partial charge < -0.3 is 10.2 Å². The molecule has 1 aromatic carbocycles. The van der Waals surface area contributed by atoms with E-state index in [-0.39, 0.29) is 0 Å². The quantitative estimate of drug-likeness (QED) is 0.429. The van der Waals surface area contributed by atoms with Gasteiger partial charge in [-0.1, -0.05) is 30.3 Å². The van der Waals surface area contributed by atoms with Crippen LogP contribution in [0.3, 0.4) is 0 Å². The highest BCUT2D eigenvalue weighted by Gasteiger charge is 2.33. The molecule has 2 rings (SSSR count). The summed E-state index contributed by atoms with van der Waals surface area (Å²) in [5.41, 5.74) is 2.38. The van der Waals surface area contributed by atoms with E-state index in [4.69, 9.17) is 5.21 Å². The van der Waals surface area contributed by atoms with Gasteiger partial charge in [-0.3, -0.25) is 19.6 Å². The zero-order valence-corrected chi connectivity index (χ0v) is 14.0. The molecule has 0 aliphatic heterocycles. The van der Waals surface area contributed by atoms with Gasteiger partial charge in [-0.15, -0.1) is 11.3 Å². The van der Waals surface area contributed by atoms with Gasteiger partial charge in [-0.05, 0) is 17.7 Å². The van der Waals surface area contributed by atoms with E-state index >= 15 is 0 Å². The molecule has 3 amide bonds. The lowest BCUT2D eigenvalue weighted by molar-refractivity contribution is -0.140. The molecule has 1 heterocycles. The van der Waals surface area contributed by atoms with Crippen LogP contribution in [0.2, 0.25) is 0 Å². The molecule has 0 bridgehead atoms. The number of benzene rings is 1. The summed E-state index contributed by atoms with van der Waals surface area (Å²) in [5.74, 6) is -2.17. The topological polar surface area (TPSA) is 98.7 Å². The van der Waals surface area contributed by atoms with Crippen LogP contribution in [0.15, 0.2) is 42.5 Å². The van der Waals surface area contributed by atoms with E-state index in [0.29, 0.717) is 4.88 Å². The molecule has 1 aromatic heterocycles. The van der Waals surface area contributed by atoms with Crippen molar-refractivity contribution in [1.29, 1.82) is 0 Å². The molecule has 1 unspecified atom stereocenters. The van der Waals surface area contributed by atoms with Crippen LogP contribution in [0.4, 0.5) is 0 Å². The van der Waals surface area contributed by atoms with Crippen molar-refractivity contribution in [2.45, 2.75) is 6.04 Å². The van der Waals surface area contributed by atoms with Crippen molar-refractivity contribution in [2.24, 2.45) is 0 Å². The van der Waals surface area contributed by atoms with Crippen LogP contribution in [0.25, 0.3) is 10.4 Å². The van der Waals surface area contributed by atoms with Crippen molar-refractivity contribution in [1.82, 2.24) is 15.7 Å². The summed E-state index contributed by atoms with van der Waals surface area (Å²) in [6, 6.07) is 11.5. The molecule has 126 valence electrons. The minimum Gasteiger partial charge on any atom is -0.357 e. The summed E-state index contributed by atoms with van der Waals surface area (Å²) in [4.78, 5) is 38.4. The number of nitrogens with one attached hydrogen (secondary N) is 2. The molecule has 7 nitrogen and oxygen atoms in total. The summed E-state index contributed by atoms with van der Waals surface area (Å²) < 4.78 is 0. The zero-order valence-electron chi connectivity index (χ0n) is 13.1. The molecule has 0 spiro atoms. The zero-order chi connectivity index (χ0) is 17.7. The summed E-state index contributed by atoms with van der Waals surface area (Å²) in [6.07, 6.45) is 0. The molecule has 1 atom stereocenters. The van der Waals surface area contributed by atoms with Crippen molar-refractivity contribution < 1.29 is 19.6 Å². The van der Waals surface area contributed by atoms with E-state index in [1.165, 1.54) is 30.9 Å². The van der Waals surface area contributed by atoms with Crippen LogP contribution in [-0.4, -0.2) is 48.0 Å². The summed E-state index contributed by atoms with van der Waals surface area (Å²) >= 11 is 1.26. The number of hydroxylamine groups is 1. The Morgan fingerprint density at radius 1 is 1.08 bits per heavy atom. The maximum absolute atomic E-state index is 12.6. The molecular weight excluding hydrogens is 330 g/mol. The van der Waals surface area contributed by atoms with Gasteiger partial charge in [0.25, 0.3) is 17.7 Å². The van der Waals surface area contributed by atoms with E-state index in [2.05, 4.69) is 5.32 Å². The van der Waals surface area contributed by atoms with Crippen molar-refractivity contribution in [3.05, 3.63) is 47.3 Å². The number of thiophene rings is 1. The van der Waals surface area contributed by atoms with E-state index in [9.17, 15) is 14.4 Å². The average Bonchev–Trinajstić information content (AvgIpc) is 3.11. The second-order valence-corrected chi connectivity index (χ2v) is 6.02. The number of likely N-dealkylation sites (N-methyl/N-ethyl adjacent to an activating group) is 2. The van der Waals surface area contributed by atoms with Crippen LogP contribution >= 0.6 is 11.3 Å². The summed E-state index contributed by atoms with van der Waals surface area (Å²) in [7, 11) is 2.68. The molecular formula is C16H17N3O4S. The predicted molar refractivity (Wildman–Crippen MR) is 89.6 cm³/mol. The van der Waals surface area contributed by atoms with Gasteiger partial charge in [-0.25, -0.2) is 5.48 Å². The van der Waals surface area contributed by atoms with Crippen molar-refractivity contribution in [3.8, 4) is 10.4 Å². The van der Waals surface area contributed by atoms with E-state index in [0.717, 1.165) is 15.3 Å². The van der Waals surface area contributed by atoms with Crippen LogP contribution in [0.5, 0.6) is 0 Å². The monoisotopic (exact) mass is 347 g/mol. The fraction of sp³-hybridized carbons (Fsp3) is 0.188. The minimum atomic E-state index is -1.46. The Morgan fingerprint density at radius 3 is 2.33 bits per heavy atom. The maximum atomic E-state index is 12.6. The predicted octanol–water partition coefficient (Wildman–Crippen LogP) is 1.11. The Morgan fingerprint density at radius 2 is 1.75 bits per heavy atom. The minimum absolute atomic E-state index is 0.385. The number of amides is 3. The second-order valence-electron chi connectivity index (χ2n) is 4.94. The number of carbonyl (C=O) groups is 3. The van der Waals surface area contributed by atoms with Crippen molar-refractivity contribution in [2.75, 3.05) is 14.1 Å². The van der Waals surface area contributed by atoms with Gasteiger partial charge >= 0.3 is 0 Å². The van der Waals surface area contributed by atoms with E-state index < -0.39 is 23.8 Å². The summed E-state index contributed by atoms with van der Waals surface area (Å²) in [6.45, 7) is 0. The fourth-order valence-corrected chi connectivity index (χ4v) is 3.16. The molecule has 3 N–H and O–H groups in total. The van der Waals surface area contributed by atoms with Crippen molar-refractivity contribution >= 4 is 29.1 Å². The van der Waals surface area contributed by atoms with Crippen molar-refractivity contribution in [3.63, 3.8) is 0 Å². The highest BCUT2D eigenvalue weighted by Crippen LogP contribution is 2.28. The third-order valence-corrected chi connectivity index (χ3v) is 4.56. The fourth-order valence-electron chi connectivity index (χ4n) is 2.17. The standard InChI is InChI=1S/C16H17N3O4S/c1-17-14(20)13(15(21)18-23)19(2)16(22)12-9-8-11(24-12)10-6-4-3-5-7-10/h3-9,13,23H,1-2H3,(H,17,20)(H,18,21). The molecule has 0 aliphatic carbocycles. The first kappa shape index (κ1) is 17.6. The van der Waals surface area contributed by atoms with Crippen LogP contribution in [-0.2, 0) is 9.59 Å². The van der Waals surface area contributed by atoms with Gasteiger partial charge in [0.2, 0.25) is 0 Å². The first-order chi connectivity index (χ1) is 11.5. The number of hydrogen-bond acceptors (Lipinski definition) is 5. The largest absolute Gasteiger partial charge is 0.357 e. The molecule has 24 heavy (non-hydrogen) atoms. The van der Waals surface area contributed by atoms with Gasteiger partial charge in [0.05, 0.1) is 4.88 Å². The molecule has 0 saturated carbocycles. The first-order valence-corrected chi connectivity index (χ1v) is 7.89. The van der Waals surface area contributed by atoms with Gasteiger partial charge in [-0.2, -0.15) is 0 Å². The lowest BCUT2D eigenvalue weighted by Crippen LogP contribution is -2.54. The van der Waals surface area contributed by atoms with Gasteiger partial charge in [0.15, 0.2) is 6.04 Å². The smallest absolute Gasteiger partial charge is 0.275 e. The third-order valence-electron chi connectivity index (χ3n) is 3.44. The number of carbonyl (C=O) groups excluding carboxylic acids is 3. The molecule has 0 aliphatic rings. The molecule has 8 heteroatoms. The lowest BCUT2D eigenvalue weighted by atomic mass is 10.2. The summed E-state index contributed by atoms with van der Waals surface area (Å²) in [5, 5.41) is 11.1. The maximum Gasteiger partial charge on any atom is 0.275 e. The van der Waals surface area contributed by atoms with E-state index in [1.54, 1.807) is 6.07 Å².